The molecule has 0 atom stereocenters. The normalized spacial score (nSPS) is 15.0. The van der Waals surface area contributed by atoms with Crippen LogP contribution >= 0.6 is 45.0 Å². The van der Waals surface area contributed by atoms with E-state index in [1.807, 2.05) is 0 Å². The van der Waals surface area contributed by atoms with Crippen molar-refractivity contribution in [3.8, 4) is 11.8 Å². The summed E-state index contributed by atoms with van der Waals surface area (Å²) >= 11 is 17.0. The van der Waals surface area contributed by atoms with E-state index in [0.29, 0.717) is 0 Å². The SMILES string of the molecule is N#Cc1cc(Cl)n(-c2c(Cl)cc(S(F)(F)(F)(F)F)cc2Cl)n1. The molecule has 0 fully saturated rings. The molecule has 2 aromatic rings. The van der Waals surface area contributed by atoms with Gasteiger partial charge in [-0.3, -0.25) is 0 Å². The van der Waals surface area contributed by atoms with Gasteiger partial charge in [0, 0.05) is 6.07 Å². The van der Waals surface area contributed by atoms with Gasteiger partial charge in [-0.1, -0.05) is 54.2 Å². The maximum Gasteiger partial charge on any atom is 0.310 e. The summed E-state index contributed by atoms with van der Waals surface area (Å²) in [5, 5.41) is 10.7. The number of nitrogens with zero attached hydrogens (tertiary/aromatic N) is 3. The molecule has 0 aliphatic carbocycles. The lowest BCUT2D eigenvalue weighted by atomic mass is 10.3. The molecule has 0 saturated heterocycles. The van der Waals surface area contributed by atoms with Crippen LogP contribution in [0.2, 0.25) is 15.2 Å². The van der Waals surface area contributed by atoms with Crippen LogP contribution in [-0.4, -0.2) is 9.78 Å². The van der Waals surface area contributed by atoms with Gasteiger partial charge in [0.25, 0.3) is 0 Å². The van der Waals surface area contributed by atoms with E-state index < -0.39 is 25.2 Å². The second-order valence-electron chi connectivity index (χ2n) is 4.08. The summed E-state index contributed by atoms with van der Waals surface area (Å²) in [4.78, 5) is -2.23. The first-order chi connectivity index (χ1) is 9.72. The van der Waals surface area contributed by atoms with Crippen LogP contribution in [0, 0.1) is 11.3 Å². The Hall–Kier alpha value is -1.21. The lowest BCUT2D eigenvalue weighted by Gasteiger charge is -2.40. The number of nitriles is 1. The minimum atomic E-state index is -9.93. The molecule has 1 heterocycles. The van der Waals surface area contributed by atoms with Crippen LogP contribution < -0.4 is 0 Å². The highest BCUT2D eigenvalue weighted by Crippen LogP contribution is 3.02. The first-order valence-electron chi connectivity index (χ1n) is 5.12. The molecule has 120 valence electrons. The summed E-state index contributed by atoms with van der Waals surface area (Å²) in [6, 6.07) is 2.82. The summed E-state index contributed by atoms with van der Waals surface area (Å²) < 4.78 is 64.6. The fourth-order valence-corrected chi connectivity index (χ4v) is 3.22. The highest BCUT2D eigenvalue weighted by molar-refractivity contribution is 8.45. The van der Waals surface area contributed by atoms with Crippen molar-refractivity contribution in [2.24, 2.45) is 0 Å². The van der Waals surface area contributed by atoms with Crippen molar-refractivity contribution in [3.05, 3.63) is 39.1 Å². The highest BCUT2D eigenvalue weighted by atomic mass is 35.5. The van der Waals surface area contributed by atoms with Crippen LogP contribution in [0.15, 0.2) is 23.1 Å². The monoisotopic (exact) mass is 397 g/mol. The molecule has 3 nitrogen and oxygen atoms in total. The number of hydrogen-bond donors (Lipinski definition) is 0. The van der Waals surface area contributed by atoms with E-state index in [4.69, 9.17) is 40.1 Å². The first-order valence-corrected chi connectivity index (χ1v) is 8.20. The Bertz CT molecular complexity index is 802. The standard InChI is InChI=1S/C10H3Cl3F5N3S/c11-7-2-6(22(14,15,16,17)18)3-8(12)10(7)21-9(13)1-5(4-19)20-21/h1-3H. The third-order valence-electron chi connectivity index (χ3n) is 2.43. The van der Waals surface area contributed by atoms with Gasteiger partial charge in [0.15, 0.2) is 5.69 Å². The first kappa shape index (κ1) is 17.1. The van der Waals surface area contributed by atoms with Gasteiger partial charge in [-0.15, -0.1) is 0 Å². The largest absolute Gasteiger partial charge is 0.310 e. The van der Waals surface area contributed by atoms with Crippen LogP contribution in [0.3, 0.4) is 0 Å². The number of hydrogen-bond acceptors (Lipinski definition) is 2. The molecular weight excluding hydrogens is 396 g/mol. The van der Waals surface area contributed by atoms with Gasteiger partial charge >= 0.3 is 10.2 Å². The molecule has 1 aromatic heterocycles. The van der Waals surface area contributed by atoms with Crippen molar-refractivity contribution in [1.29, 1.82) is 5.26 Å². The van der Waals surface area contributed by atoms with E-state index in [0.717, 1.165) is 10.7 Å². The molecule has 0 bridgehead atoms. The smallest absolute Gasteiger partial charge is 0.218 e. The Morgan fingerprint density at radius 3 is 1.86 bits per heavy atom. The van der Waals surface area contributed by atoms with Crippen molar-refractivity contribution in [3.63, 3.8) is 0 Å². The summed E-state index contributed by atoms with van der Waals surface area (Å²) in [5.74, 6) is 0. The Labute approximate surface area is 135 Å². The van der Waals surface area contributed by atoms with E-state index in [2.05, 4.69) is 5.10 Å². The highest BCUT2D eigenvalue weighted by Gasteiger charge is 2.65. The molecule has 0 unspecified atom stereocenters. The minimum absolute atomic E-state index is 0.0361. The van der Waals surface area contributed by atoms with Gasteiger partial charge < -0.3 is 0 Å². The average molecular weight is 399 g/mol. The predicted molar refractivity (Wildman–Crippen MR) is 74.7 cm³/mol. The van der Waals surface area contributed by atoms with Crippen molar-refractivity contribution >= 4 is 45.0 Å². The zero-order chi connectivity index (χ0) is 17.0. The molecule has 1 aromatic carbocycles. The average Bonchev–Trinajstić information content (AvgIpc) is 2.67. The lowest BCUT2D eigenvalue weighted by molar-refractivity contribution is 0.364. The van der Waals surface area contributed by atoms with Gasteiger partial charge in [-0.2, -0.15) is 10.4 Å². The molecule has 0 aliphatic heterocycles. The van der Waals surface area contributed by atoms with E-state index in [1.54, 1.807) is 6.07 Å². The second kappa shape index (κ2) is 4.41. The maximum atomic E-state index is 12.8. The van der Waals surface area contributed by atoms with Crippen LogP contribution in [-0.2, 0) is 0 Å². The third-order valence-corrected chi connectivity index (χ3v) is 4.40. The molecule has 0 aliphatic rings. The molecule has 0 N–H and O–H groups in total. The maximum absolute atomic E-state index is 12.8. The van der Waals surface area contributed by atoms with Crippen molar-refractivity contribution < 1.29 is 19.4 Å². The van der Waals surface area contributed by atoms with Gasteiger partial charge in [0.05, 0.1) is 10.0 Å². The van der Waals surface area contributed by atoms with Gasteiger partial charge in [0.1, 0.15) is 21.8 Å². The summed E-state index contributed by atoms with van der Waals surface area (Å²) in [6.07, 6.45) is 0. The fraction of sp³-hybridized carbons (Fsp3) is 0. The summed E-state index contributed by atoms with van der Waals surface area (Å²) in [5.41, 5.74) is -0.505. The minimum Gasteiger partial charge on any atom is -0.218 e. The van der Waals surface area contributed by atoms with Gasteiger partial charge in [-0.25, -0.2) is 4.68 Å². The van der Waals surface area contributed by atoms with Crippen molar-refractivity contribution in [2.75, 3.05) is 0 Å². The van der Waals surface area contributed by atoms with Crippen LogP contribution in [0.25, 0.3) is 5.69 Å². The second-order valence-corrected chi connectivity index (χ2v) is 7.69. The fourth-order valence-electron chi connectivity index (χ4n) is 1.54. The molecule has 12 heteroatoms. The number of aromatic nitrogens is 2. The van der Waals surface area contributed by atoms with Crippen LogP contribution in [0.4, 0.5) is 19.4 Å². The molecule has 0 radical (unpaired) electrons. The van der Waals surface area contributed by atoms with Crippen LogP contribution in [0.5, 0.6) is 0 Å². The molecule has 2 rings (SSSR count). The molecule has 0 spiro atoms. The number of benzene rings is 1. The van der Waals surface area contributed by atoms with E-state index >= 15 is 0 Å². The van der Waals surface area contributed by atoms with E-state index in [-0.39, 0.29) is 28.7 Å². The Balaban J connectivity index is 2.73. The summed E-state index contributed by atoms with van der Waals surface area (Å²) in [6.45, 7) is 0. The number of rotatable bonds is 2. The Morgan fingerprint density at radius 1 is 1.00 bits per heavy atom. The van der Waals surface area contributed by atoms with E-state index in [1.165, 1.54) is 0 Å². The molecule has 0 amide bonds. The molecule has 22 heavy (non-hydrogen) atoms. The topological polar surface area (TPSA) is 41.6 Å². The van der Waals surface area contributed by atoms with Crippen LogP contribution in [0.1, 0.15) is 5.69 Å². The third kappa shape index (κ3) is 3.25. The zero-order valence-corrected chi connectivity index (χ0v) is 13.1. The quantitative estimate of drug-likeness (QED) is 0.552. The zero-order valence-electron chi connectivity index (χ0n) is 10.0. The van der Waals surface area contributed by atoms with Gasteiger partial charge in [-0.05, 0) is 12.1 Å². The molecule has 0 saturated carbocycles. The lowest BCUT2D eigenvalue weighted by Crippen LogP contribution is -2.08. The van der Waals surface area contributed by atoms with Gasteiger partial charge in [0.2, 0.25) is 0 Å². The van der Waals surface area contributed by atoms with Crippen molar-refractivity contribution in [2.45, 2.75) is 4.90 Å². The Kier molecular flexibility index (Phi) is 3.44. The molecular formula is C10H3Cl3F5N3S. The predicted octanol–water partition coefficient (Wildman–Crippen LogP) is 6.36. The number of halogens is 8. The summed E-state index contributed by atoms with van der Waals surface area (Å²) in [7, 11) is -9.93. The van der Waals surface area contributed by atoms with E-state index in [9.17, 15) is 19.4 Å². The van der Waals surface area contributed by atoms with Crippen molar-refractivity contribution in [1.82, 2.24) is 9.78 Å². The Morgan fingerprint density at radius 2 is 1.50 bits per heavy atom.